The first kappa shape index (κ1) is 38.6. The molecular weight excluding hydrogens is 747 g/mol. The first-order valence-electron chi connectivity index (χ1n) is 18.6. The number of amides is 4. The Morgan fingerprint density at radius 3 is 2.65 bits per heavy atom. The number of carbonyl (C=O) groups is 4. The van der Waals surface area contributed by atoms with Gasteiger partial charge < -0.3 is 25.0 Å². The molecule has 292 valence electrons. The fraction of sp³-hybridized carbons (Fsp3) is 0.605. The third kappa shape index (κ3) is 7.85. The molecule has 7 rings (SSSR count). The molecule has 3 aliphatic heterocycles. The Labute approximate surface area is 321 Å². The van der Waals surface area contributed by atoms with Crippen LogP contribution in [0.25, 0.3) is 10.9 Å². The summed E-state index contributed by atoms with van der Waals surface area (Å²) in [6, 6.07) is 2.15. The Morgan fingerprint density at radius 1 is 1.15 bits per heavy atom. The number of nitrogens with one attached hydrogen (secondary N) is 3. The summed E-state index contributed by atoms with van der Waals surface area (Å²) in [7, 11) is 0. The van der Waals surface area contributed by atoms with Gasteiger partial charge in [-0.3, -0.25) is 19.1 Å². The lowest BCUT2D eigenvalue weighted by atomic mass is 9.87. The van der Waals surface area contributed by atoms with E-state index in [0.29, 0.717) is 28.8 Å². The van der Waals surface area contributed by atoms with Crippen molar-refractivity contribution in [3.63, 3.8) is 0 Å². The molecule has 4 heterocycles. The van der Waals surface area contributed by atoms with Crippen LogP contribution in [0.2, 0.25) is 5.02 Å². The van der Waals surface area contributed by atoms with Crippen LogP contribution in [-0.2, 0) is 31.7 Å². The van der Waals surface area contributed by atoms with Crippen LogP contribution < -0.4 is 20.1 Å². The number of alkyl halides is 3. The van der Waals surface area contributed by atoms with Crippen molar-refractivity contribution in [3.8, 4) is 5.75 Å². The van der Waals surface area contributed by atoms with Crippen LogP contribution in [0.1, 0.15) is 96.2 Å². The molecule has 5 atom stereocenters. The summed E-state index contributed by atoms with van der Waals surface area (Å²) in [4.78, 5) is 61.0. The van der Waals surface area contributed by atoms with E-state index in [-0.39, 0.29) is 54.3 Å². The molecule has 1 aromatic heterocycles. The second-order valence-electron chi connectivity index (χ2n) is 15.9. The zero-order chi connectivity index (χ0) is 38.6. The normalized spacial score (nSPS) is 29.9. The number of alkyl carbamates (subject to hydrolysis) is 1. The molecule has 2 saturated carbocycles. The third-order valence-corrected chi connectivity index (χ3v) is 12.6. The summed E-state index contributed by atoms with van der Waals surface area (Å²) < 4.78 is 58.5. The zero-order valence-corrected chi connectivity index (χ0v) is 32.0. The predicted octanol–water partition coefficient (Wildman–Crippen LogP) is 6.79. The number of carbonyl (C=O) groups excluding carboxylic acids is 4. The summed E-state index contributed by atoms with van der Waals surface area (Å²) >= 11 is 7.59. The quantitative estimate of drug-likeness (QED) is 0.223. The summed E-state index contributed by atoms with van der Waals surface area (Å²) in [5.74, 6) is -2.29. The summed E-state index contributed by atoms with van der Waals surface area (Å²) in [5.41, 5.74) is -3.47. The number of fused-ring (bicyclic) bond motifs is 5. The number of benzene rings is 1. The van der Waals surface area contributed by atoms with Crippen molar-refractivity contribution in [1.29, 1.82) is 0 Å². The van der Waals surface area contributed by atoms with Gasteiger partial charge in [0.1, 0.15) is 23.2 Å². The number of halogens is 4. The number of allylic oxidation sites excluding steroid dienone is 1. The zero-order valence-electron chi connectivity index (χ0n) is 30.4. The second-order valence-corrected chi connectivity index (χ2v) is 17.7. The Balaban J connectivity index is 1.25. The van der Waals surface area contributed by atoms with E-state index in [1.807, 2.05) is 12.2 Å². The van der Waals surface area contributed by atoms with E-state index in [1.54, 1.807) is 19.9 Å². The molecule has 0 radical (unpaired) electrons. The molecule has 11 nitrogen and oxygen atoms in total. The van der Waals surface area contributed by atoms with Gasteiger partial charge in [-0.25, -0.2) is 9.78 Å². The standard InChI is InChI=1S/C38H45ClF3N5O6S/c1-21(2)52-34(51)44-27-10-8-6-4-5-7-9-22-18-37(22,33(50)46-54-35(3)15-16-35)45-31(48)28-19-36(20-47(28)32(27)49)14-13-24-25-17-23(39)11-12-26(25)43-30(29(24)53-36)38(40,41)42/h7,9,11-12,17,21-22,27-28H,4-6,8,10,13-16,18-20H2,1-3H3,(H,44,51)(H,45,48)(H,46,50)/b9-7-/t22-,27+,28+,36-,37-/m1/s1. The lowest BCUT2D eigenvalue weighted by Gasteiger charge is -2.37. The van der Waals surface area contributed by atoms with Crippen molar-refractivity contribution in [3.05, 3.63) is 46.6 Å². The lowest BCUT2D eigenvalue weighted by molar-refractivity contribution is -0.144. The molecule has 5 aliphatic rings. The van der Waals surface area contributed by atoms with Crippen LogP contribution in [0, 0.1) is 5.92 Å². The van der Waals surface area contributed by atoms with Crippen molar-refractivity contribution >= 4 is 58.3 Å². The highest BCUT2D eigenvalue weighted by molar-refractivity contribution is 7.99. The molecule has 2 aliphatic carbocycles. The molecule has 0 bridgehead atoms. The minimum atomic E-state index is -4.87. The molecule has 3 N–H and O–H groups in total. The van der Waals surface area contributed by atoms with Crippen LogP contribution in [0.3, 0.4) is 0 Å². The summed E-state index contributed by atoms with van der Waals surface area (Å²) in [6.07, 6.45) is 3.37. The molecule has 2 aromatic rings. The fourth-order valence-corrected chi connectivity index (χ4v) is 8.84. The van der Waals surface area contributed by atoms with Gasteiger partial charge in [-0.1, -0.05) is 36.6 Å². The lowest BCUT2D eigenvalue weighted by Crippen LogP contribution is -2.57. The largest absolute Gasteiger partial charge is 0.483 e. The molecule has 1 aromatic carbocycles. The molecular formula is C38H45ClF3N5O6S. The molecule has 0 unspecified atom stereocenters. The summed E-state index contributed by atoms with van der Waals surface area (Å²) in [6.45, 7) is 5.17. The van der Waals surface area contributed by atoms with Gasteiger partial charge in [0.15, 0.2) is 11.4 Å². The molecule has 54 heavy (non-hydrogen) atoms. The van der Waals surface area contributed by atoms with Gasteiger partial charge >= 0.3 is 12.3 Å². The average Bonchev–Trinajstić information content (AvgIpc) is 3.98. The van der Waals surface area contributed by atoms with Gasteiger partial charge in [0.25, 0.3) is 5.91 Å². The Hall–Kier alpha value is -3.72. The van der Waals surface area contributed by atoms with Gasteiger partial charge in [0, 0.05) is 33.1 Å². The Bertz CT molecular complexity index is 1890. The van der Waals surface area contributed by atoms with Crippen LogP contribution in [0.5, 0.6) is 5.75 Å². The number of aromatic nitrogens is 1. The van der Waals surface area contributed by atoms with Crippen LogP contribution >= 0.6 is 23.5 Å². The average molecular weight is 792 g/mol. The molecule has 1 saturated heterocycles. The topological polar surface area (TPSA) is 139 Å². The smallest absolute Gasteiger partial charge is 0.437 e. The van der Waals surface area contributed by atoms with Gasteiger partial charge in [-0.05, 0) is 102 Å². The minimum absolute atomic E-state index is 0.0640. The predicted molar refractivity (Wildman–Crippen MR) is 197 cm³/mol. The van der Waals surface area contributed by atoms with Gasteiger partial charge in [0.05, 0.1) is 18.2 Å². The maximum atomic E-state index is 14.6. The van der Waals surface area contributed by atoms with E-state index in [9.17, 15) is 32.3 Å². The van der Waals surface area contributed by atoms with E-state index >= 15 is 0 Å². The van der Waals surface area contributed by atoms with Crippen molar-refractivity contribution in [2.45, 2.75) is 132 Å². The molecule has 3 fully saturated rings. The molecule has 4 amide bonds. The van der Waals surface area contributed by atoms with Crippen LogP contribution in [-0.4, -0.2) is 74.3 Å². The Morgan fingerprint density at radius 2 is 1.93 bits per heavy atom. The van der Waals surface area contributed by atoms with E-state index in [1.165, 1.54) is 29.0 Å². The maximum absolute atomic E-state index is 14.6. The van der Waals surface area contributed by atoms with Gasteiger partial charge in [0.2, 0.25) is 11.8 Å². The summed E-state index contributed by atoms with van der Waals surface area (Å²) in [5, 5.41) is 6.42. The highest BCUT2D eigenvalue weighted by Crippen LogP contribution is 2.51. The second kappa shape index (κ2) is 14.4. The van der Waals surface area contributed by atoms with E-state index in [2.05, 4.69) is 27.3 Å². The monoisotopic (exact) mass is 791 g/mol. The molecule has 16 heteroatoms. The van der Waals surface area contributed by atoms with Crippen molar-refractivity contribution in [1.82, 2.24) is 25.2 Å². The minimum Gasteiger partial charge on any atom is -0.483 e. The van der Waals surface area contributed by atoms with Crippen LogP contribution in [0.4, 0.5) is 18.0 Å². The van der Waals surface area contributed by atoms with Gasteiger partial charge in [-0.2, -0.15) is 13.2 Å². The fourth-order valence-electron chi connectivity index (χ4n) is 7.84. The maximum Gasteiger partial charge on any atom is 0.437 e. The van der Waals surface area contributed by atoms with Gasteiger partial charge in [-0.15, -0.1) is 0 Å². The third-order valence-electron chi connectivity index (χ3n) is 11.2. The Kier molecular flexibility index (Phi) is 10.3. The highest BCUT2D eigenvalue weighted by Gasteiger charge is 2.62. The van der Waals surface area contributed by atoms with Crippen LogP contribution in [0.15, 0.2) is 30.4 Å². The number of ether oxygens (including phenoxy) is 2. The first-order chi connectivity index (χ1) is 25.5. The van der Waals surface area contributed by atoms with Crippen molar-refractivity contribution in [2.24, 2.45) is 5.92 Å². The van der Waals surface area contributed by atoms with Crippen molar-refractivity contribution in [2.75, 3.05) is 6.54 Å². The SMILES string of the molecule is CC(C)OC(=O)N[C@H]1CCCCC/C=C\[C@@H]2C[C@@]2(C(=O)NSC2(C)CC2)NC(=O)[C@@H]2C[C@]3(CCc4c(c(C(F)(F)F)nc5ccc(Cl)cc45)O3)CN2C1=O. The highest BCUT2D eigenvalue weighted by atomic mass is 35.5. The number of pyridine rings is 1. The van der Waals surface area contributed by atoms with E-state index < -0.39 is 64.9 Å². The number of rotatable bonds is 5. The first-order valence-corrected chi connectivity index (χ1v) is 19.8. The number of hydrogen-bond acceptors (Lipinski definition) is 8. The van der Waals surface area contributed by atoms with Crippen molar-refractivity contribution < 1.29 is 41.8 Å². The van der Waals surface area contributed by atoms with E-state index in [0.717, 1.165) is 32.1 Å². The molecule has 1 spiro atoms. The number of nitrogens with zero attached hydrogens (tertiary/aromatic N) is 2. The number of aryl methyl sites for hydroxylation is 1. The number of hydrogen-bond donors (Lipinski definition) is 3. The van der Waals surface area contributed by atoms with E-state index in [4.69, 9.17) is 21.1 Å².